The molecule has 2 aliphatic heterocycles. The van der Waals surface area contributed by atoms with Crippen LogP contribution in [0.4, 0.5) is 22.7 Å². The number of epoxide rings is 2. The highest BCUT2D eigenvalue weighted by Gasteiger charge is 2.25. The van der Waals surface area contributed by atoms with E-state index in [0.717, 1.165) is 11.1 Å². The number of nitrogen functional groups attached to an aromatic ring is 4. The minimum Gasteiger partial charge on any atom is -0.486 e. The summed E-state index contributed by atoms with van der Waals surface area (Å²) in [6.45, 7) is 2.28. The lowest BCUT2D eigenvalue weighted by atomic mass is 10.0. The van der Waals surface area contributed by atoms with Crippen LogP contribution in [0.3, 0.4) is 0 Å². The SMILES string of the molecule is Nc1cc(-c2cc(N)c(OCC3CO3)c(N)c2)cc(N)c1OCC1CO1. The maximum Gasteiger partial charge on any atom is 0.165 e. The van der Waals surface area contributed by atoms with E-state index < -0.39 is 0 Å². The Hall–Kier alpha value is -2.84. The Kier molecular flexibility index (Phi) is 4.14. The first-order chi connectivity index (χ1) is 12.5. The fourth-order valence-corrected chi connectivity index (χ4v) is 2.70. The number of nitrogens with two attached hydrogens (primary N) is 4. The van der Waals surface area contributed by atoms with E-state index in [9.17, 15) is 0 Å². The number of anilines is 4. The van der Waals surface area contributed by atoms with Gasteiger partial charge in [0.1, 0.15) is 25.4 Å². The molecule has 2 heterocycles. The van der Waals surface area contributed by atoms with Crippen molar-refractivity contribution in [1.82, 2.24) is 0 Å². The van der Waals surface area contributed by atoms with Gasteiger partial charge in [-0.3, -0.25) is 0 Å². The van der Waals surface area contributed by atoms with Crippen LogP contribution in [0.2, 0.25) is 0 Å². The number of hydrogen-bond acceptors (Lipinski definition) is 8. The van der Waals surface area contributed by atoms with Crippen LogP contribution >= 0.6 is 0 Å². The predicted molar refractivity (Wildman–Crippen MR) is 100.0 cm³/mol. The van der Waals surface area contributed by atoms with Crippen LogP contribution in [0.25, 0.3) is 11.1 Å². The molecule has 2 fully saturated rings. The van der Waals surface area contributed by atoms with Crippen molar-refractivity contribution in [2.24, 2.45) is 0 Å². The number of hydrogen-bond donors (Lipinski definition) is 4. The van der Waals surface area contributed by atoms with E-state index in [4.69, 9.17) is 41.9 Å². The van der Waals surface area contributed by atoms with Crippen molar-refractivity contribution in [2.45, 2.75) is 12.2 Å². The molecule has 26 heavy (non-hydrogen) atoms. The van der Waals surface area contributed by atoms with Gasteiger partial charge < -0.3 is 41.9 Å². The largest absolute Gasteiger partial charge is 0.486 e. The van der Waals surface area contributed by atoms with Crippen LogP contribution in [0.15, 0.2) is 24.3 Å². The molecule has 2 atom stereocenters. The minimum atomic E-state index is 0.127. The smallest absolute Gasteiger partial charge is 0.165 e. The third kappa shape index (κ3) is 3.56. The van der Waals surface area contributed by atoms with E-state index >= 15 is 0 Å². The highest BCUT2D eigenvalue weighted by molar-refractivity contribution is 5.83. The monoisotopic (exact) mass is 358 g/mol. The lowest BCUT2D eigenvalue weighted by Crippen LogP contribution is -2.09. The van der Waals surface area contributed by atoms with Crippen molar-refractivity contribution < 1.29 is 18.9 Å². The molecule has 4 rings (SSSR count). The average molecular weight is 358 g/mol. The van der Waals surface area contributed by atoms with E-state index in [1.54, 1.807) is 24.3 Å². The summed E-state index contributed by atoms with van der Waals surface area (Å²) in [5.74, 6) is 0.934. The fraction of sp³-hybridized carbons (Fsp3) is 0.333. The number of benzene rings is 2. The standard InChI is InChI=1S/C18H22N4O4/c19-13-1-9(2-14(20)17(13)25-7-11-5-23-11)10-3-15(21)18(16(22)4-10)26-8-12-6-24-12/h1-4,11-12H,5-8,19-22H2. The molecule has 2 unspecified atom stereocenters. The van der Waals surface area contributed by atoms with Gasteiger partial charge in [-0.25, -0.2) is 0 Å². The van der Waals surface area contributed by atoms with Gasteiger partial charge in [0.25, 0.3) is 0 Å². The Balaban J connectivity index is 1.57. The van der Waals surface area contributed by atoms with Crippen molar-refractivity contribution in [3.05, 3.63) is 24.3 Å². The molecule has 0 amide bonds. The van der Waals surface area contributed by atoms with Gasteiger partial charge in [-0.1, -0.05) is 0 Å². The van der Waals surface area contributed by atoms with Crippen LogP contribution in [-0.2, 0) is 9.47 Å². The first-order valence-corrected chi connectivity index (χ1v) is 8.38. The molecule has 8 N–H and O–H groups in total. The lowest BCUT2D eigenvalue weighted by molar-refractivity contribution is 0.265. The highest BCUT2D eigenvalue weighted by Crippen LogP contribution is 2.39. The lowest BCUT2D eigenvalue weighted by Gasteiger charge is -2.15. The molecule has 0 aliphatic carbocycles. The van der Waals surface area contributed by atoms with E-state index in [1.807, 2.05) is 0 Å². The van der Waals surface area contributed by atoms with Gasteiger partial charge in [0.15, 0.2) is 11.5 Å². The molecule has 0 aromatic heterocycles. The summed E-state index contributed by atoms with van der Waals surface area (Å²) >= 11 is 0. The maximum atomic E-state index is 6.11. The van der Waals surface area contributed by atoms with Crippen molar-refractivity contribution >= 4 is 22.7 Å². The van der Waals surface area contributed by atoms with Gasteiger partial charge in [-0.05, 0) is 35.4 Å². The second-order valence-electron chi connectivity index (χ2n) is 6.50. The predicted octanol–water partition coefficient (Wildman–Crippen LogP) is 1.24. The summed E-state index contributed by atoms with van der Waals surface area (Å²) in [5.41, 5.74) is 27.8. The molecule has 0 spiro atoms. The van der Waals surface area contributed by atoms with Crippen molar-refractivity contribution in [3.8, 4) is 22.6 Å². The quantitative estimate of drug-likeness (QED) is 0.427. The summed E-state index contributed by atoms with van der Waals surface area (Å²) in [4.78, 5) is 0. The highest BCUT2D eigenvalue weighted by atomic mass is 16.6. The zero-order valence-electron chi connectivity index (χ0n) is 14.2. The third-order valence-electron chi connectivity index (χ3n) is 4.26. The molecule has 0 bridgehead atoms. The minimum absolute atomic E-state index is 0.127. The van der Waals surface area contributed by atoms with Crippen LogP contribution in [-0.4, -0.2) is 38.6 Å². The molecular formula is C18H22N4O4. The van der Waals surface area contributed by atoms with Gasteiger partial charge in [-0.2, -0.15) is 0 Å². The molecule has 138 valence electrons. The van der Waals surface area contributed by atoms with Gasteiger partial charge in [0.2, 0.25) is 0 Å². The first kappa shape index (κ1) is 16.6. The molecule has 0 saturated carbocycles. The molecule has 0 radical (unpaired) electrons. The fourth-order valence-electron chi connectivity index (χ4n) is 2.70. The number of rotatable bonds is 7. The Morgan fingerprint density at radius 3 is 1.27 bits per heavy atom. The summed E-state index contributed by atoms with van der Waals surface area (Å²) in [6.07, 6.45) is 0.253. The molecule has 2 aromatic rings. The maximum absolute atomic E-state index is 6.11. The van der Waals surface area contributed by atoms with Crippen molar-refractivity contribution in [2.75, 3.05) is 49.4 Å². The Labute approximate surface area is 150 Å². The first-order valence-electron chi connectivity index (χ1n) is 8.38. The Bertz CT molecular complexity index is 718. The third-order valence-corrected chi connectivity index (χ3v) is 4.26. The van der Waals surface area contributed by atoms with E-state index in [-0.39, 0.29) is 12.2 Å². The second-order valence-corrected chi connectivity index (χ2v) is 6.50. The zero-order chi connectivity index (χ0) is 18.3. The van der Waals surface area contributed by atoms with Crippen LogP contribution in [0.1, 0.15) is 0 Å². The van der Waals surface area contributed by atoms with E-state index in [1.165, 1.54) is 0 Å². The van der Waals surface area contributed by atoms with Crippen LogP contribution in [0.5, 0.6) is 11.5 Å². The van der Waals surface area contributed by atoms with Crippen molar-refractivity contribution in [3.63, 3.8) is 0 Å². The average Bonchev–Trinajstić information content (AvgIpc) is 3.47. The summed E-state index contributed by atoms with van der Waals surface area (Å²) in [7, 11) is 0. The molecule has 2 aliphatic rings. The van der Waals surface area contributed by atoms with E-state index in [0.29, 0.717) is 60.7 Å². The van der Waals surface area contributed by atoms with Crippen molar-refractivity contribution in [1.29, 1.82) is 0 Å². The topological polar surface area (TPSA) is 148 Å². The summed E-state index contributed by atoms with van der Waals surface area (Å²) in [6, 6.07) is 7.14. The molecular weight excluding hydrogens is 336 g/mol. The van der Waals surface area contributed by atoms with Crippen LogP contribution < -0.4 is 32.4 Å². The van der Waals surface area contributed by atoms with Gasteiger partial charge in [-0.15, -0.1) is 0 Å². The van der Waals surface area contributed by atoms with E-state index in [2.05, 4.69) is 0 Å². The van der Waals surface area contributed by atoms with Gasteiger partial charge in [0, 0.05) is 0 Å². The second kappa shape index (κ2) is 6.47. The zero-order valence-corrected chi connectivity index (χ0v) is 14.2. The Morgan fingerprint density at radius 2 is 1.00 bits per heavy atom. The molecule has 2 aromatic carbocycles. The molecule has 8 nitrogen and oxygen atoms in total. The molecule has 2 saturated heterocycles. The summed E-state index contributed by atoms with van der Waals surface area (Å²) < 4.78 is 21.6. The number of ether oxygens (including phenoxy) is 4. The Morgan fingerprint density at radius 1 is 0.692 bits per heavy atom. The van der Waals surface area contributed by atoms with Gasteiger partial charge in [0.05, 0.1) is 36.0 Å². The summed E-state index contributed by atoms with van der Waals surface area (Å²) in [5, 5.41) is 0. The van der Waals surface area contributed by atoms with Gasteiger partial charge >= 0.3 is 0 Å². The van der Waals surface area contributed by atoms with Crippen LogP contribution in [0, 0.1) is 0 Å². The molecule has 8 heteroatoms. The normalized spacial score (nSPS) is 20.6.